The molecule has 1 heterocycles. The second kappa shape index (κ2) is 9.22. The lowest BCUT2D eigenvalue weighted by Gasteiger charge is -2.13. The van der Waals surface area contributed by atoms with Gasteiger partial charge in [0.15, 0.2) is 12.4 Å². The van der Waals surface area contributed by atoms with Crippen molar-refractivity contribution in [1.82, 2.24) is 15.0 Å². The summed E-state index contributed by atoms with van der Waals surface area (Å²) in [5.74, 6) is -0.563. The Hall–Kier alpha value is -3.99. The molecule has 2 aromatic carbocycles. The van der Waals surface area contributed by atoms with E-state index in [0.717, 1.165) is 6.07 Å². The van der Waals surface area contributed by atoms with Gasteiger partial charge in [-0.3, -0.25) is 10.1 Å². The van der Waals surface area contributed by atoms with Crippen LogP contribution in [0.25, 0.3) is 0 Å². The van der Waals surface area contributed by atoms with Crippen LogP contribution in [-0.4, -0.2) is 39.9 Å². The van der Waals surface area contributed by atoms with Crippen LogP contribution < -0.4 is 16.0 Å². The number of nitrogens with zero attached hydrogens (tertiary/aromatic N) is 5. The second-order valence-corrected chi connectivity index (χ2v) is 6.93. The molecule has 31 heavy (non-hydrogen) atoms. The Labute approximate surface area is 182 Å². The summed E-state index contributed by atoms with van der Waals surface area (Å²) in [7, 11) is 3.34. The Morgan fingerprint density at radius 3 is 2.55 bits per heavy atom. The summed E-state index contributed by atoms with van der Waals surface area (Å²) in [6.45, 7) is -0.302. The number of benzene rings is 2. The van der Waals surface area contributed by atoms with Gasteiger partial charge in [0.25, 0.3) is 5.69 Å². The Bertz CT molecular complexity index is 1120. The Morgan fingerprint density at radius 1 is 1.19 bits per heavy atom. The number of nitrogens with two attached hydrogens (primary N) is 1. The van der Waals surface area contributed by atoms with E-state index in [1.807, 2.05) is 0 Å². The summed E-state index contributed by atoms with van der Waals surface area (Å²) < 4.78 is 5.20. The largest absolute Gasteiger partial charge is 0.454 e. The fraction of sp³-hybridized carbons (Fsp3) is 0.158. The molecule has 3 N–H and O–H groups in total. The maximum Gasteiger partial charge on any atom is 0.338 e. The van der Waals surface area contributed by atoms with E-state index in [1.54, 1.807) is 43.3 Å². The monoisotopic (exact) mass is 443 g/mol. The first kappa shape index (κ1) is 21.7. The third-order valence-electron chi connectivity index (χ3n) is 4.02. The average molecular weight is 444 g/mol. The summed E-state index contributed by atoms with van der Waals surface area (Å²) in [4.78, 5) is 36.8. The topological polar surface area (TPSA) is 149 Å². The minimum atomic E-state index is -0.764. The number of nitro benzene ring substituents is 1. The summed E-state index contributed by atoms with van der Waals surface area (Å²) in [6, 6.07) is 10.9. The molecule has 0 aliphatic rings. The fourth-order valence-electron chi connectivity index (χ4n) is 2.61. The van der Waals surface area contributed by atoms with Crippen molar-refractivity contribution in [2.24, 2.45) is 0 Å². The molecule has 3 rings (SSSR count). The van der Waals surface area contributed by atoms with Crippen LogP contribution in [-0.2, 0) is 11.3 Å². The van der Waals surface area contributed by atoms with Crippen molar-refractivity contribution >= 4 is 46.5 Å². The predicted octanol–water partition coefficient (Wildman–Crippen LogP) is 3.18. The zero-order valence-corrected chi connectivity index (χ0v) is 17.3. The van der Waals surface area contributed by atoms with Crippen LogP contribution in [0.2, 0.25) is 5.02 Å². The third kappa shape index (κ3) is 5.54. The van der Waals surface area contributed by atoms with Gasteiger partial charge in [-0.25, -0.2) is 4.79 Å². The van der Waals surface area contributed by atoms with Gasteiger partial charge in [0.2, 0.25) is 11.9 Å². The highest BCUT2D eigenvalue weighted by atomic mass is 35.5. The number of carbonyl (C=O) groups excluding carboxylic acids is 1. The van der Waals surface area contributed by atoms with Crippen molar-refractivity contribution in [3.05, 3.63) is 69.0 Å². The molecule has 12 heteroatoms. The van der Waals surface area contributed by atoms with Crippen molar-refractivity contribution in [2.75, 3.05) is 30.0 Å². The van der Waals surface area contributed by atoms with Crippen molar-refractivity contribution < 1.29 is 14.5 Å². The minimum Gasteiger partial charge on any atom is -0.454 e. The molecule has 160 valence electrons. The second-order valence-electron chi connectivity index (χ2n) is 6.50. The van der Waals surface area contributed by atoms with Crippen LogP contribution in [0.4, 0.5) is 29.0 Å². The molecule has 3 aromatic rings. The molecular formula is C19H18ClN7O4. The van der Waals surface area contributed by atoms with Crippen molar-refractivity contribution in [3.63, 3.8) is 0 Å². The van der Waals surface area contributed by atoms with E-state index in [2.05, 4.69) is 20.3 Å². The van der Waals surface area contributed by atoms with E-state index in [1.165, 1.54) is 12.1 Å². The van der Waals surface area contributed by atoms with Crippen LogP contribution in [0.5, 0.6) is 0 Å². The van der Waals surface area contributed by atoms with Crippen LogP contribution in [0.1, 0.15) is 16.2 Å². The van der Waals surface area contributed by atoms with E-state index in [0.29, 0.717) is 16.4 Å². The van der Waals surface area contributed by atoms with E-state index in [-0.39, 0.29) is 35.6 Å². The molecule has 11 nitrogen and oxygen atoms in total. The number of anilines is 4. The van der Waals surface area contributed by atoms with Gasteiger partial charge in [0, 0.05) is 30.9 Å². The van der Waals surface area contributed by atoms with Crippen molar-refractivity contribution in [1.29, 1.82) is 0 Å². The summed E-state index contributed by atoms with van der Waals surface area (Å²) >= 11 is 5.86. The molecule has 0 saturated carbocycles. The molecule has 0 spiro atoms. The lowest BCUT2D eigenvalue weighted by atomic mass is 10.1. The van der Waals surface area contributed by atoms with Gasteiger partial charge in [-0.15, -0.1) is 0 Å². The molecule has 0 atom stereocenters. The SMILES string of the molecule is CN(C)c1ccc(C(=O)OCc2nc(N)nc(Nc3ccc(Cl)cc3)n2)cc1[N+](=O)[O-]. The van der Waals surface area contributed by atoms with Crippen LogP contribution >= 0.6 is 11.6 Å². The smallest absolute Gasteiger partial charge is 0.338 e. The van der Waals surface area contributed by atoms with E-state index >= 15 is 0 Å². The van der Waals surface area contributed by atoms with Crippen LogP contribution in [0, 0.1) is 10.1 Å². The van der Waals surface area contributed by atoms with Crippen LogP contribution in [0.15, 0.2) is 42.5 Å². The zero-order valence-electron chi connectivity index (χ0n) is 16.6. The Morgan fingerprint density at radius 2 is 1.90 bits per heavy atom. The van der Waals surface area contributed by atoms with Gasteiger partial charge in [-0.1, -0.05) is 11.6 Å². The molecular weight excluding hydrogens is 426 g/mol. The Kier molecular flexibility index (Phi) is 6.46. The highest BCUT2D eigenvalue weighted by Crippen LogP contribution is 2.28. The normalized spacial score (nSPS) is 10.4. The minimum absolute atomic E-state index is 0.0267. The number of hydrogen-bond donors (Lipinski definition) is 2. The molecule has 0 radical (unpaired) electrons. The van der Waals surface area contributed by atoms with E-state index in [4.69, 9.17) is 22.1 Å². The molecule has 0 fully saturated rings. The van der Waals surface area contributed by atoms with Crippen molar-refractivity contribution in [3.8, 4) is 0 Å². The van der Waals surface area contributed by atoms with Gasteiger partial charge >= 0.3 is 5.97 Å². The number of aromatic nitrogens is 3. The standard InChI is InChI=1S/C19H18ClN7O4/c1-26(2)14-8-3-11(9-15(14)27(29)30)17(28)31-10-16-23-18(21)25-19(24-16)22-13-6-4-12(20)5-7-13/h3-9H,10H2,1-2H3,(H3,21,22,23,24,25). The number of nitro groups is 1. The number of esters is 1. The van der Waals surface area contributed by atoms with Gasteiger partial charge in [0.05, 0.1) is 10.5 Å². The zero-order chi connectivity index (χ0) is 22.5. The average Bonchev–Trinajstić information content (AvgIpc) is 2.72. The summed E-state index contributed by atoms with van der Waals surface area (Å²) in [5, 5.41) is 14.8. The molecule has 0 bridgehead atoms. The molecule has 1 aromatic heterocycles. The lowest BCUT2D eigenvalue weighted by molar-refractivity contribution is -0.384. The van der Waals surface area contributed by atoms with Gasteiger partial charge in [-0.05, 0) is 36.4 Å². The summed E-state index contributed by atoms with van der Waals surface area (Å²) in [5.41, 5.74) is 6.56. The summed E-state index contributed by atoms with van der Waals surface area (Å²) in [6.07, 6.45) is 0. The molecule has 0 aliphatic carbocycles. The molecule has 0 saturated heterocycles. The quantitative estimate of drug-likeness (QED) is 0.316. The third-order valence-corrected chi connectivity index (χ3v) is 4.27. The van der Waals surface area contributed by atoms with E-state index < -0.39 is 10.9 Å². The first-order chi connectivity index (χ1) is 14.7. The van der Waals surface area contributed by atoms with Crippen molar-refractivity contribution in [2.45, 2.75) is 6.61 Å². The van der Waals surface area contributed by atoms with Gasteiger partial charge in [-0.2, -0.15) is 15.0 Å². The number of ether oxygens (including phenoxy) is 1. The Balaban J connectivity index is 1.73. The highest BCUT2D eigenvalue weighted by molar-refractivity contribution is 6.30. The number of rotatable bonds is 7. The van der Waals surface area contributed by atoms with Gasteiger partial charge in [0.1, 0.15) is 5.69 Å². The van der Waals surface area contributed by atoms with Crippen LogP contribution in [0.3, 0.4) is 0 Å². The van der Waals surface area contributed by atoms with E-state index in [9.17, 15) is 14.9 Å². The first-order valence-corrected chi connectivity index (χ1v) is 9.26. The molecule has 0 amide bonds. The maximum atomic E-state index is 12.4. The molecule has 0 unspecified atom stereocenters. The number of carbonyl (C=O) groups is 1. The number of halogens is 1. The maximum absolute atomic E-state index is 12.4. The number of nitrogens with one attached hydrogen (secondary N) is 1. The highest BCUT2D eigenvalue weighted by Gasteiger charge is 2.20. The van der Waals surface area contributed by atoms with Gasteiger partial charge < -0.3 is 20.7 Å². The fourth-order valence-corrected chi connectivity index (χ4v) is 2.73. The number of nitrogen functional groups attached to an aromatic ring is 1. The molecule has 0 aliphatic heterocycles. The first-order valence-electron chi connectivity index (χ1n) is 8.89. The number of hydrogen-bond acceptors (Lipinski definition) is 10. The predicted molar refractivity (Wildman–Crippen MR) is 116 cm³/mol. The lowest BCUT2D eigenvalue weighted by Crippen LogP contribution is -2.13.